The molecule has 0 atom stereocenters. The fourth-order valence-electron chi connectivity index (χ4n) is 1.73. The first-order valence-electron chi connectivity index (χ1n) is 6.06. The summed E-state index contributed by atoms with van der Waals surface area (Å²) in [5, 5.41) is 19.2. The molecule has 0 saturated carbocycles. The van der Waals surface area contributed by atoms with Crippen molar-refractivity contribution in [3.8, 4) is 17.6 Å². The van der Waals surface area contributed by atoms with E-state index in [1.807, 2.05) is 0 Å². The lowest BCUT2D eigenvalue weighted by Gasteiger charge is -2.12. The van der Waals surface area contributed by atoms with Crippen LogP contribution >= 0.6 is 11.6 Å². The van der Waals surface area contributed by atoms with Crippen LogP contribution in [0.2, 0.25) is 5.02 Å². The van der Waals surface area contributed by atoms with E-state index in [0.717, 1.165) is 6.07 Å². The summed E-state index contributed by atoms with van der Waals surface area (Å²) in [5.41, 5.74) is -2.33. The molecule has 2 aromatic rings. The van der Waals surface area contributed by atoms with E-state index in [4.69, 9.17) is 21.6 Å². The molecule has 0 radical (unpaired) electrons. The molecule has 10 heteroatoms. The second-order valence-corrected chi connectivity index (χ2v) is 4.82. The minimum absolute atomic E-state index is 0.269. The first-order chi connectivity index (χ1) is 11.1. The Morgan fingerprint density at radius 3 is 2.38 bits per heavy atom. The Kier molecular flexibility index (Phi) is 4.61. The van der Waals surface area contributed by atoms with Gasteiger partial charge in [0.05, 0.1) is 15.5 Å². The maximum Gasteiger partial charge on any atom is 0.416 e. The van der Waals surface area contributed by atoms with E-state index in [-0.39, 0.29) is 11.3 Å². The number of nitrogens with zero attached hydrogens (tertiary/aromatic N) is 2. The van der Waals surface area contributed by atoms with Crippen molar-refractivity contribution in [2.24, 2.45) is 0 Å². The topological polar surface area (TPSA) is 76.2 Å². The van der Waals surface area contributed by atoms with Crippen LogP contribution in [0.25, 0.3) is 0 Å². The van der Waals surface area contributed by atoms with Crippen LogP contribution in [0, 0.1) is 27.3 Å². The van der Waals surface area contributed by atoms with Gasteiger partial charge < -0.3 is 4.74 Å². The van der Waals surface area contributed by atoms with Crippen molar-refractivity contribution in [3.05, 3.63) is 62.4 Å². The van der Waals surface area contributed by atoms with E-state index in [9.17, 15) is 27.7 Å². The summed E-state index contributed by atoms with van der Waals surface area (Å²) in [7, 11) is 0. The lowest BCUT2D eigenvalue weighted by atomic mass is 10.1. The fourth-order valence-corrected chi connectivity index (χ4v) is 1.95. The molecule has 0 N–H and O–H groups in total. The van der Waals surface area contributed by atoms with Crippen molar-refractivity contribution >= 4 is 17.3 Å². The van der Waals surface area contributed by atoms with E-state index in [2.05, 4.69) is 0 Å². The Labute approximate surface area is 136 Å². The molecular formula is C14H5ClF4N2O3. The van der Waals surface area contributed by atoms with Crippen molar-refractivity contribution in [1.82, 2.24) is 0 Å². The molecule has 0 fully saturated rings. The molecule has 0 aliphatic heterocycles. The van der Waals surface area contributed by atoms with Crippen LogP contribution in [-0.4, -0.2) is 4.92 Å². The van der Waals surface area contributed by atoms with Crippen LogP contribution in [-0.2, 0) is 6.18 Å². The van der Waals surface area contributed by atoms with Gasteiger partial charge in [0.1, 0.15) is 23.1 Å². The summed E-state index contributed by atoms with van der Waals surface area (Å²) < 4.78 is 56.4. The summed E-state index contributed by atoms with van der Waals surface area (Å²) in [6.07, 6.45) is -4.61. The molecule has 0 aromatic heterocycles. The van der Waals surface area contributed by atoms with Crippen LogP contribution in [0.15, 0.2) is 30.3 Å². The third-order valence-corrected chi connectivity index (χ3v) is 3.14. The largest absolute Gasteiger partial charge is 0.454 e. The molecule has 5 nitrogen and oxygen atoms in total. The minimum atomic E-state index is -4.61. The summed E-state index contributed by atoms with van der Waals surface area (Å²) >= 11 is 5.69. The smallest absolute Gasteiger partial charge is 0.416 e. The highest BCUT2D eigenvalue weighted by Crippen LogP contribution is 2.38. The second kappa shape index (κ2) is 6.33. The number of hydrogen-bond donors (Lipinski definition) is 0. The van der Waals surface area contributed by atoms with Crippen molar-refractivity contribution in [1.29, 1.82) is 5.26 Å². The van der Waals surface area contributed by atoms with Gasteiger partial charge in [-0.1, -0.05) is 11.6 Å². The number of alkyl halides is 3. The Morgan fingerprint density at radius 1 is 1.21 bits per heavy atom. The zero-order valence-corrected chi connectivity index (χ0v) is 12.2. The average Bonchev–Trinajstić information content (AvgIpc) is 2.48. The number of halogens is 5. The summed E-state index contributed by atoms with van der Waals surface area (Å²) in [4.78, 5) is 9.61. The van der Waals surface area contributed by atoms with Crippen LogP contribution < -0.4 is 4.74 Å². The molecule has 0 spiro atoms. The van der Waals surface area contributed by atoms with Gasteiger partial charge >= 0.3 is 11.9 Å². The first-order valence-corrected chi connectivity index (χ1v) is 6.44. The molecule has 0 unspecified atom stereocenters. The van der Waals surface area contributed by atoms with Crippen LogP contribution in [0.5, 0.6) is 11.5 Å². The molecule has 124 valence electrons. The molecule has 0 heterocycles. The number of rotatable bonds is 3. The number of nitro groups is 1. The number of ether oxygens (including phenoxy) is 1. The fraction of sp³-hybridized carbons (Fsp3) is 0.0714. The molecule has 0 saturated heterocycles. The van der Waals surface area contributed by atoms with Crippen molar-refractivity contribution < 1.29 is 27.2 Å². The molecule has 0 aliphatic carbocycles. The van der Waals surface area contributed by atoms with E-state index in [0.29, 0.717) is 24.3 Å². The van der Waals surface area contributed by atoms with E-state index >= 15 is 0 Å². The van der Waals surface area contributed by atoms with Crippen molar-refractivity contribution in [3.63, 3.8) is 0 Å². The van der Waals surface area contributed by atoms with E-state index < -0.39 is 38.9 Å². The summed E-state index contributed by atoms with van der Waals surface area (Å²) in [6.45, 7) is 0. The third kappa shape index (κ3) is 3.55. The zero-order valence-electron chi connectivity index (χ0n) is 11.4. The first kappa shape index (κ1) is 17.5. The molecule has 24 heavy (non-hydrogen) atoms. The van der Waals surface area contributed by atoms with Gasteiger partial charge in [0.15, 0.2) is 0 Å². The molecule has 2 aromatic carbocycles. The Balaban J connectivity index is 2.44. The molecular weight excluding hydrogens is 356 g/mol. The SMILES string of the molecule is N#Cc1cc([N+](=O)[O-])c(F)cc1Oc1ccc(C(F)(F)F)cc1Cl. The Morgan fingerprint density at radius 2 is 1.88 bits per heavy atom. The minimum Gasteiger partial charge on any atom is -0.454 e. The van der Waals surface area contributed by atoms with Gasteiger partial charge in [0.25, 0.3) is 0 Å². The monoisotopic (exact) mass is 360 g/mol. The predicted molar refractivity (Wildman–Crippen MR) is 74.3 cm³/mol. The van der Waals surface area contributed by atoms with Crippen LogP contribution in [0.3, 0.4) is 0 Å². The highest BCUT2D eigenvalue weighted by atomic mass is 35.5. The van der Waals surface area contributed by atoms with Gasteiger partial charge in [0, 0.05) is 12.1 Å². The van der Waals surface area contributed by atoms with Crippen LogP contribution in [0.1, 0.15) is 11.1 Å². The predicted octanol–water partition coefficient (Wildman–Crippen LogP) is 5.07. The highest BCUT2D eigenvalue weighted by molar-refractivity contribution is 6.32. The molecule has 0 bridgehead atoms. The van der Waals surface area contributed by atoms with Gasteiger partial charge in [-0.05, 0) is 18.2 Å². The standard InChI is InChI=1S/C14H5ClF4N2O3/c15-9-4-8(14(17,18)19)1-2-12(9)24-13-5-10(16)11(21(22)23)3-7(13)6-20/h1-5H. The quantitative estimate of drug-likeness (QED) is 0.435. The summed E-state index contributed by atoms with van der Waals surface area (Å²) in [6, 6.07) is 5.00. The Bertz CT molecular complexity index is 862. The lowest BCUT2D eigenvalue weighted by Crippen LogP contribution is -2.04. The van der Waals surface area contributed by atoms with Crippen molar-refractivity contribution in [2.45, 2.75) is 6.18 Å². The molecule has 0 aliphatic rings. The zero-order chi connectivity index (χ0) is 18.1. The number of nitriles is 1. The third-order valence-electron chi connectivity index (χ3n) is 2.85. The maximum atomic E-state index is 13.6. The average molecular weight is 361 g/mol. The number of benzene rings is 2. The highest BCUT2D eigenvalue weighted by Gasteiger charge is 2.31. The molecule has 2 rings (SSSR count). The maximum absolute atomic E-state index is 13.6. The normalized spacial score (nSPS) is 11.0. The van der Waals surface area contributed by atoms with Gasteiger partial charge in [-0.25, -0.2) is 0 Å². The van der Waals surface area contributed by atoms with E-state index in [1.165, 1.54) is 0 Å². The van der Waals surface area contributed by atoms with Crippen molar-refractivity contribution in [2.75, 3.05) is 0 Å². The van der Waals surface area contributed by atoms with Gasteiger partial charge in [-0.3, -0.25) is 10.1 Å². The Hall–Kier alpha value is -2.86. The van der Waals surface area contributed by atoms with Gasteiger partial charge in [0.2, 0.25) is 5.82 Å². The summed E-state index contributed by atoms with van der Waals surface area (Å²) in [5.74, 6) is -1.95. The van der Waals surface area contributed by atoms with Gasteiger partial charge in [-0.2, -0.15) is 22.8 Å². The number of hydrogen-bond acceptors (Lipinski definition) is 4. The number of nitro benzene ring substituents is 1. The van der Waals surface area contributed by atoms with Crippen LogP contribution in [0.4, 0.5) is 23.2 Å². The van der Waals surface area contributed by atoms with E-state index in [1.54, 1.807) is 6.07 Å². The van der Waals surface area contributed by atoms with Gasteiger partial charge in [-0.15, -0.1) is 0 Å². The second-order valence-electron chi connectivity index (χ2n) is 4.41. The lowest BCUT2D eigenvalue weighted by molar-refractivity contribution is -0.387. The molecule has 0 amide bonds.